The maximum absolute atomic E-state index is 13.1. The molecule has 2 aromatic rings. The van der Waals surface area contributed by atoms with Gasteiger partial charge in [-0.1, -0.05) is 23.7 Å². The molecule has 0 fully saturated rings. The van der Waals surface area contributed by atoms with Crippen molar-refractivity contribution in [2.24, 2.45) is 0 Å². The van der Waals surface area contributed by atoms with Crippen molar-refractivity contribution in [2.75, 3.05) is 10.6 Å². The molecule has 9 heteroatoms. The number of carbonyl (C=O) groups is 1. The zero-order chi connectivity index (χ0) is 16.6. The average molecular weight is 356 g/mol. The van der Waals surface area contributed by atoms with Crippen molar-refractivity contribution in [3.8, 4) is 0 Å². The van der Waals surface area contributed by atoms with Crippen LogP contribution in [0.3, 0.4) is 0 Å². The third-order valence-corrected chi connectivity index (χ3v) is 4.97. The molecule has 120 valence electrons. The van der Waals surface area contributed by atoms with Gasteiger partial charge in [-0.15, -0.1) is 0 Å². The molecule has 0 radical (unpaired) electrons. The van der Waals surface area contributed by atoms with Gasteiger partial charge >= 0.3 is 0 Å². The van der Waals surface area contributed by atoms with Crippen molar-refractivity contribution in [2.45, 2.75) is 11.1 Å². The fourth-order valence-corrected chi connectivity index (χ4v) is 3.59. The summed E-state index contributed by atoms with van der Waals surface area (Å²) in [7, 11) is -3.80. The summed E-state index contributed by atoms with van der Waals surface area (Å²) in [5.41, 5.74) is 0.574. The maximum atomic E-state index is 13.1. The summed E-state index contributed by atoms with van der Waals surface area (Å²) in [5, 5.41) is 5.11. The Bertz CT molecular complexity index is 889. The van der Waals surface area contributed by atoms with Gasteiger partial charge in [0.25, 0.3) is 5.91 Å². The number of halogens is 2. The minimum absolute atomic E-state index is 0.0638. The van der Waals surface area contributed by atoms with Crippen LogP contribution in [-0.4, -0.2) is 20.5 Å². The van der Waals surface area contributed by atoms with E-state index in [0.29, 0.717) is 5.69 Å². The van der Waals surface area contributed by atoms with Crippen molar-refractivity contribution in [1.82, 2.24) is 4.72 Å². The number of amides is 1. The van der Waals surface area contributed by atoms with Gasteiger partial charge in [-0.2, -0.15) is 4.72 Å². The lowest BCUT2D eigenvalue weighted by molar-refractivity contribution is -0.117. The highest BCUT2D eigenvalue weighted by molar-refractivity contribution is 7.89. The SMILES string of the molecule is O=C(Nc1ccc(F)c(Cl)c1)[C@@H]1Nc2ccccc2S(=O)(=O)N1. The summed E-state index contributed by atoms with van der Waals surface area (Å²) in [4.78, 5) is 12.3. The second-order valence-corrected chi connectivity index (χ2v) is 6.90. The molecule has 6 nitrogen and oxygen atoms in total. The normalized spacial score (nSPS) is 18.6. The van der Waals surface area contributed by atoms with Crippen LogP contribution in [0, 0.1) is 5.82 Å². The molecule has 23 heavy (non-hydrogen) atoms. The number of rotatable bonds is 2. The lowest BCUT2D eigenvalue weighted by Gasteiger charge is -2.27. The number of nitrogens with one attached hydrogen (secondary N) is 3. The zero-order valence-electron chi connectivity index (χ0n) is 11.5. The third kappa shape index (κ3) is 3.14. The van der Waals surface area contributed by atoms with E-state index in [2.05, 4.69) is 15.4 Å². The van der Waals surface area contributed by atoms with Crippen LogP contribution in [0.25, 0.3) is 0 Å². The molecule has 0 aromatic heterocycles. The Hall–Kier alpha value is -2.16. The highest BCUT2D eigenvalue weighted by Gasteiger charge is 2.32. The Labute approximate surface area is 136 Å². The molecule has 1 aliphatic rings. The lowest BCUT2D eigenvalue weighted by atomic mass is 10.3. The minimum atomic E-state index is -3.80. The molecule has 3 rings (SSSR count). The highest BCUT2D eigenvalue weighted by atomic mass is 35.5. The van der Waals surface area contributed by atoms with Crippen molar-refractivity contribution < 1.29 is 17.6 Å². The van der Waals surface area contributed by atoms with E-state index in [1.807, 2.05) is 0 Å². The fraction of sp³-hybridized carbons (Fsp3) is 0.0714. The van der Waals surface area contributed by atoms with Gasteiger partial charge < -0.3 is 10.6 Å². The Kier molecular flexibility index (Phi) is 3.97. The summed E-state index contributed by atoms with van der Waals surface area (Å²) in [5.74, 6) is -1.26. The summed E-state index contributed by atoms with van der Waals surface area (Å²) >= 11 is 5.64. The van der Waals surface area contributed by atoms with Crippen molar-refractivity contribution in [3.05, 3.63) is 53.3 Å². The fourth-order valence-electron chi connectivity index (χ4n) is 2.13. The Balaban J connectivity index is 1.83. The van der Waals surface area contributed by atoms with E-state index in [-0.39, 0.29) is 15.6 Å². The average Bonchev–Trinajstić information content (AvgIpc) is 2.50. The number of benzene rings is 2. The largest absolute Gasteiger partial charge is 0.360 e. The summed E-state index contributed by atoms with van der Waals surface area (Å²) in [6.45, 7) is 0. The van der Waals surface area contributed by atoms with Gasteiger partial charge in [-0.3, -0.25) is 4.79 Å². The second kappa shape index (κ2) is 5.80. The lowest BCUT2D eigenvalue weighted by Crippen LogP contribution is -2.51. The summed E-state index contributed by atoms with van der Waals surface area (Å²) in [6, 6.07) is 9.89. The van der Waals surface area contributed by atoms with Crippen LogP contribution in [-0.2, 0) is 14.8 Å². The van der Waals surface area contributed by atoms with Crippen LogP contribution in [0.2, 0.25) is 5.02 Å². The highest BCUT2D eigenvalue weighted by Crippen LogP contribution is 2.26. The van der Waals surface area contributed by atoms with E-state index in [9.17, 15) is 17.6 Å². The van der Waals surface area contributed by atoms with Gasteiger partial charge in [0.15, 0.2) is 6.17 Å². The van der Waals surface area contributed by atoms with Gasteiger partial charge in [0.2, 0.25) is 10.0 Å². The molecular weight excluding hydrogens is 345 g/mol. The van der Waals surface area contributed by atoms with E-state index in [4.69, 9.17) is 11.6 Å². The third-order valence-electron chi connectivity index (χ3n) is 3.20. The number of fused-ring (bicyclic) bond motifs is 1. The number of hydrogen-bond acceptors (Lipinski definition) is 4. The molecule has 0 bridgehead atoms. The molecule has 1 aliphatic heterocycles. The quantitative estimate of drug-likeness (QED) is 0.770. The van der Waals surface area contributed by atoms with Gasteiger partial charge in [0.05, 0.1) is 10.7 Å². The monoisotopic (exact) mass is 355 g/mol. The van der Waals surface area contributed by atoms with Crippen molar-refractivity contribution in [3.63, 3.8) is 0 Å². The Morgan fingerprint density at radius 1 is 1.22 bits per heavy atom. The van der Waals surface area contributed by atoms with Gasteiger partial charge in [-0.05, 0) is 30.3 Å². The number of anilines is 2. The topological polar surface area (TPSA) is 87.3 Å². The second-order valence-electron chi connectivity index (χ2n) is 4.81. The molecular formula is C14H11ClFN3O3S. The number of hydrogen-bond donors (Lipinski definition) is 3. The van der Waals surface area contributed by atoms with Gasteiger partial charge in [0, 0.05) is 5.69 Å². The molecule has 3 N–H and O–H groups in total. The van der Waals surface area contributed by atoms with Crippen LogP contribution in [0.1, 0.15) is 0 Å². The minimum Gasteiger partial charge on any atom is -0.360 e. The van der Waals surface area contributed by atoms with Crippen LogP contribution < -0.4 is 15.4 Å². The van der Waals surface area contributed by atoms with Crippen LogP contribution in [0.15, 0.2) is 47.4 Å². The van der Waals surface area contributed by atoms with Crippen LogP contribution >= 0.6 is 11.6 Å². The van der Waals surface area contributed by atoms with E-state index >= 15 is 0 Å². The molecule has 1 atom stereocenters. The maximum Gasteiger partial charge on any atom is 0.262 e. The first-order valence-corrected chi connectivity index (χ1v) is 8.37. The van der Waals surface area contributed by atoms with Gasteiger partial charge in [-0.25, -0.2) is 12.8 Å². The summed E-state index contributed by atoms with van der Waals surface area (Å²) < 4.78 is 39.6. The standard InChI is InChI=1S/C14H11ClFN3O3S/c15-9-7-8(5-6-10(9)16)17-14(20)13-18-11-3-1-2-4-12(11)23(21,22)19-13/h1-7,13,18-19H,(H,17,20)/t13-/m1/s1. The first kappa shape index (κ1) is 15.7. The first-order valence-electron chi connectivity index (χ1n) is 6.51. The molecule has 0 unspecified atom stereocenters. The predicted molar refractivity (Wildman–Crippen MR) is 84.2 cm³/mol. The molecule has 0 saturated carbocycles. The Morgan fingerprint density at radius 3 is 2.70 bits per heavy atom. The smallest absolute Gasteiger partial charge is 0.262 e. The van der Waals surface area contributed by atoms with Gasteiger partial charge in [0.1, 0.15) is 10.7 Å². The zero-order valence-corrected chi connectivity index (χ0v) is 13.1. The van der Waals surface area contributed by atoms with E-state index < -0.39 is 27.9 Å². The van der Waals surface area contributed by atoms with Crippen molar-refractivity contribution >= 4 is 38.9 Å². The Morgan fingerprint density at radius 2 is 1.96 bits per heavy atom. The first-order chi connectivity index (χ1) is 10.9. The number of sulfonamides is 1. The van der Waals surface area contributed by atoms with Crippen LogP contribution in [0.5, 0.6) is 0 Å². The molecule has 0 aliphatic carbocycles. The number of para-hydroxylation sites is 1. The molecule has 1 heterocycles. The van der Waals surface area contributed by atoms with E-state index in [0.717, 1.165) is 6.07 Å². The molecule has 1 amide bonds. The van der Waals surface area contributed by atoms with Crippen molar-refractivity contribution in [1.29, 1.82) is 0 Å². The van der Waals surface area contributed by atoms with Crippen LogP contribution in [0.4, 0.5) is 15.8 Å². The van der Waals surface area contributed by atoms with E-state index in [1.165, 1.54) is 18.2 Å². The predicted octanol–water partition coefficient (Wildman–Crippen LogP) is 2.15. The molecule has 0 saturated heterocycles. The van der Waals surface area contributed by atoms with E-state index in [1.54, 1.807) is 18.2 Å². The molecule has 2 aromatic carbocycles. The summed E-state index contributed by atoms with van der Waals surface area (Å²) in [6.07, 6.45) is -1.20. The number of carbonyl (C=O) groups excluding carboxylic acids is 1. The molecule has 0 spiro atoms.